The van der Waals surface area contributed by atoms with Crippen molar-refractivity contribution in [2.24, 2.45) is 0 Å². The van der Waals surface area contributed by atoms with Gasteiger partial charge in [-0.2, -0.15) is 0 Å². The second-order valence-corrected chi connectivity index (χ2v) is 13.1. The van der Waals surface area contributed by atoms with Gasteiger partial charge in [0.2, 0.25) is 11.8 Å². The first kappa shape index (κ1) is 31.9. The average molecular weight is 655 g/mol. The molecule has 4 unspecified atom stereocenters. The number of nitrogens with zero attached hydrogens (tertiary/aromatic N) is 4. The summed E-state index contributed by atoms with van der Waals surface area (Å²) >= 11 is 0. The lowest BCUT2D eigenvalue weighted by atomic mass is 9.92. The van der Waals surface area contributed by atoms with Gasteiger partial charge in [0.05, 0.1) is 39.4 Å². The number of nitrogens with one attached hydrogen (secondary N) is 2. The van der Waals surface area contributed by atoms with Crippen LogP contribution in [0.1, 0.15) is 48.4 Å². The number of fused-ring (bicyclic) bond motifs is 6. The van der Waals surface area contributed by atoms with Gasteiger partial charge in [0.25, 0.3) is 0 Å². The molecule has 2 N–H and O–H groups in total. The molecule has 0 spiro atoms. The molecule has 4 aromatic rings. The predicted octanol–water partition coefficient (Wildman–Crippen LogP) is 2.94. The summed E-state index contributed by atoms with van der Waals surface area (Å²) in [6.45, 7) is 6.57. The Morgan fingerprint density at radius 2 is 1.02 bits per heavy atom. The maximum Gasteiger partial charge on any atom is 0.328 e. The molecule has 48 heavy (non-hydrogen) atoms. The SMILES string of the molecule is COC(=O)C1Cc2c([nH]c3ccccc23)C(C)N1C(=O)CN1CCN(CC(=O)N2C(C(=O)OC)Cc3c([nH]c4ccccc34)C2C)CC1. The van der Waals surface area contributed by atoms with E-state index in [9.17, 15) is 19.2 Å². The molecule has 1 saturated heterocycles. The second kappa shape index (κ2) is 12.7. The number of H-pyrrole nitrogens is 2. The van der Waals surface area contributed by atoms with E-state index in [4.69, 9.17) is 9.47 Å². The van der Waals surface area contributed by atoms with Gasteiger partial charge in [-0.05, 0) is 37.1 Å². The normalized spacial score (nSPS) is 23.2. The van der Waals surface area contributed by atoms with Crippen molar-refractivity contribution in [3.63, 3.8) is 0 Å². The molecule has 0 aliphatic carbocycles. The minimum absolute atomic E-state index is 0.135. The highest BCUT2D eigenvalue weighted by Gasteiger charge is 2.43. The van der Waals surface area contributed by atoms with Crippen molar-refractivity contribution in [3.8, 4) is 0 Å². The van der Waals surface area contributed by atoms with Crippen LogP contribution < -0.4 is 0 Å². The molecule has 2 amide bonds. The van der Waals surface area contributed by atoms with Crippen LogP contribution >= 0.6 is 0 Å². The number of piperazine rings is 1. The van der Waals surface area contributed by atoms with Crippen LogP contribution in [0.5, 0.6) is 0 Å². The Labute approximate surface area is 278 Å². The molecule has 4 atom stereocenters. The van der Waals surface area contributed by atoms with Gasteiger partial charge >= 0.3 is 11.9 Å². The summed E-state index contributed by atoms with van der Waals surface area (Å²) in [6.07, 6.45) is 0.777. The zero-order chi connectivity index (χ0) is 33.7. The molecule has 2 aromatic carbocycles. The van der Waals surface area contributed by atoms with E-state index < -0.39 is 24.0 Å². The number of benzene rings is 2. The number of esters is 2. The molecule has 3 aliphatic heterocycles. The Bertz CT molecular complexity index is 1750. The van der Waals surface area contributed by atoms with Gasteiger partial charge in [0, 0.05) is 72.2 Å². The lowest BCUT2D eigenvalue weighted by Crippen LogP contribution is -2.57. The van der Waals surface area contributed by atoms with Crippen molar-refractivity contribution in [1.29, 1.82) is 0 Å². The third-order valence-corrected chi connectivity index (χ3v) is 10.5. The molecule has 0 radical (unpaired) electrons. The number of carbonyl (C=O) groups excluding carboxylic acids is 4. The molecule has 252 valence electrons. The number of amides is 2. The first-order valence-corrected chi connectivity index (χ1v) is 16.6. The number of aromatic nitrogens is 2. The number of aromatic amines is 2. The van der Waals surface area contributed by atoms with E-state index in [-0.39, 0.29) is 37.0 Å². The van der Waals surface area contributed by atoms with E-state index in [1.165, 1.54) is 14.2 Å². The highest BCUT2D eigenvalue weighted by molar-refractivity contribution is 5.92. The van der Waals surface area contributed by atoms with E-state index >= 15 is 0 Å². The molecule has 5 heterocycles. The molecule has 1 fully saturated rings. The lowest BCUT2D eigenvalue weighted by molar-refractivity contribution is -0.157. The van der Waals surface area contributed by atoms with E-state index in [2.05, 4.69) is 19.8 Å². The number of para-hydroxylation sites is 2. The first-order chi connectivity index (χ1) is 23.2. The van der Waals surface area contributed by atoms with Gasteiger partial charge in [-0.15, -0.1) is 0 Å². The largest absolute Gasteiger partial charge is 0.467 e. The molecule has 3 aliphatic rings. The third-order valence-electron chi connectivity index (χ3n) is 10.5. The Morgan fingerprint density at radius 1 is 0.646 bits per heavy atom. The minimum atomic E-state index is -0.713. The third kappa shape index (κ3) is 5.42. The van der Waals surface area contributed by atoms with Crippen LogP contribution in [0.4, 0.5) is 0 Å². The number of hydrogen-bond acceptors (Lipinski definition) is 8. The standard InChI is InChI=1S/C36H42N6O6/c1-21-33-25(23-9-5-7-11-27(23)37-33)17-29(35(45)47-3)41(21)31(43)19-39-13-15-40(16-14-39)20-32(44)42-22(2)34-26(18-30(42)36(46)48-4)24-10-6-8-12-28(24)38-34/h5-12,21-22,29-30,37-38H,13-20H2,1-4H3. The van der Waals surface area contributed by atoms with Crippen LogP contribution in [0.15, 0.2) is 48.5 Å². The Morgan fingerprint density at radius 3 is 1.40 bits per heavy atom. The van der Waals surface area contributed by atoms with Crippen molar-refractivity contribution >= 4 is 45.6 Å². The number of ether oxygens (including phenoxy) is 2. The van der Waals surface area contributed by atoms with Gasteiger partial charge in [-0.25, -0.2) is 9.59 Å². The topological polar surface area (TPSA) is 131 Å². The summed E-state index contributed by atoms with van der Waals surface area (Å²) in [5.41, 5.74) is 5.96. The van der Waals surface area contributed by atoms with E-state index in [1.807, 2.05) is 62.4 Å². The summed E-state index contributed by atoms with van der Waals surface area (Å²) in [5.74, 6) is -1.12. The maximum absolute atomic E-state index is 13.9. The molecule has 7 rings (SSSR count). The Hall–Kier alpha value is -4.68. The molecule has 12 nitrogen and oxygen atoms in total. The molecule has 2 aromatic heterocycles. The van der Waals surface area contributed by atoms with Gasteiger partial charge in [-0.1, -0.05) is 36.4 Å². The molecular formula is C36H42N6O6. The Kier molecular flexibility index (Phi) is 8.46. The van der Waals surface area contributed by atoms with Crippen LogP contribution in [-0.4, -0.2) is 119 Å². The number of rotatable bonds is 6. The first-order valence-electron chi connectivity index (χ1n) is 16.6. The smallest absolute Gasteiger partial charge is 0.328 e. The summed E-state index contributed by atoms with van der Waals surface area (Å²) in [7, 11) is 2.72. The molecule has 0 bridgehead atoms. The van der Waals surface area contributed by atoms with Crippen molar-refractivity contribution in [2.75, 3.05) is 53.5 Å². The number of hydrogen-bond donors (Lipinski definition) is 2. The number of methoxy groups -OCH3 is 2. The van der Waals surface area contributed by atoms with Crippen LogP contribution in [0.2, 0.25) is 0 Å². The fourth-order valence-electron chi connectivity index (χ4n) is 8.09. The predicted molar refractivity (Wildman–Crippen MR) is 179 cm³/mol. The summed E-state index contributed by atoms with van der Waals surface area (Å²) in [5, 5.41) is 2.12. The van der Waals surface area contributed by atoms with Crippen molar-refractivity contribution in [2.45, 2.75) is 50.9 Å². The van der Waals surface area contributed by atoms with Gasteiger partial charge < -0.3 is 29.2 Å². The Balaban J connectivity index is 1.01. The summed E-state index contributed by atoms with van der Waals surface area (Å²) in [4.78, 5) is 68.1. The van der Waals surface area contributed by atoms with Crippen molar-refractivity contribution in [3.05, 3.63) is 71.0 Å². The fraction of sp³-hybridized carbons (Fsp3) is 0.444. The average Bonchev–Trinajstić information content (AvgIpc) is 3.67. The summed E-state index contributed by atoms with van der Waals surface area (Å²) in [6, 6.07) is 13.9. The maximum atomic E-state index is 13.9. The highest BCUT2D eigenvalue weighted by atomic mass is 16.5. The van der Waals surface area contributed by atoms with Crippen LogP contribution in [-0.2, 0) is 41.5 Å². The van der Waals surface area contributed by atoms with Crippen molar-refractivity contribution in [1.82, 2.24) is 29.6 Å². The molecule has 12 heteroatoms. The quantitative estimate of drug-likeness (QED) is 0.304. The van der Waals surface area contributed by atoms with Crippen LogP contribution in [0, 0.1) is 0 Å². The van der Waals surface area contributed by atoms with Crippen LogP contribution in [0.25, 0.3) is 21.8 Å². The van der Waals surface area contributed by atoms with Gasteiger partial charge in [0.15, 0.2) is 0 Å². The van der Waals surface area contributed by atoms with E-state index in [0.717, 1.165) is 44.3 Å². The zero-order valence-electron chi connectivity index (χ0n) is 27.8. The van der Waals surface area contributed by atoms with E-state index in [0.29, 0.717) is 39.0 Å². The lowest BCUT2D eigenvalue weighted by Gasteiger charge is -2.42. The van der Waals surface area contributed by atoms with Crippen LogP contribution in [0.3, 0.4) is 0 Å². The molecular weight excluding hydrogens is 612 g/mol. The fourth-order valence-corrected chi connectivity index (χ4v) is 8.09. The summed E-state index contributed by atoms with van der Waals surface area (Å²) < 4.78 is 10.3. The minimum Gasteiger partial charge on any atom is -0.467 e. The zero-order valence-corrected chi connectivity index (χ0v) is 27.8. The van der Waals surface area contributed by atoms with Crippen molar-refractivity contribution < 1.29 is 28.7 Å². The monoisotopic (exact) mass is 654 g/mol. The second-order valence-electron chi connectivity index (χ2n) is 13.1. The number of carbonyl (C=O) groups is 4. The van der Waals surface area contributed by atoms with E-state index in [1.54, 1.807) is 9.80 Å². The highest BCUT2D eigenvalue weighted by Crippen LogP contribution is 2.39. The van der Waals surface area contributed by atoms with Gasteiger partial charge in [0.1, 0.15) is 12.1 Å². The molecule has 0 saturated carbocycles. The van der Waals surface area contributed by atoms with Gasteiger partial charge in [-0.3, -0.25) is 19.4 Å².